The summed E-state index contributed by atoms with van der Waals surface area (Å²) in [7, 11) is 0. The third kappa shape index (κ3) is 1.66. The van der Waals surface area contributed by atoms with E-state index in [1.807, 2.05) is 6.20 Å². The lowest BCUT2D eigenvalue weighted by Crippen LogP contribution is -1.90. The molecule has 0 atom stereocenters. The Bertz CT molecular complexity index is 263. The average molecular weight is 161 g/mol. The van der Waals surface area contributed by atoms with Gasteiger partial charge in [0.25, 0.3) is 0 Å². The number of hydrogen-bond acceptors (Lipinski definition) is 1. The van der Waals surface area contributed by atoms with Crippen molar-refractivity contribution in [3.8, 4) is 0 Å². The van der Waals surface area contributed by atoms with Gasteiger partial charge < -0.3 is 0 Å². The number of pyridine rings is 1. The molecular formula is C11H15N. The highest BCUT2D eigenvalue weighted by Crippen LogP contribution is 2.39. The third-order valence-electron chi connectivity index (χ3n) is 2.40. The largest absolute Gasteiger partial charge is 0.261 e. The van der Waals surface area contributed by atoms with E-state index in [1.54, 1.807) is 0 Å². The van der Waals surface area contributed by atoms with Gasteiger partial charge in [-0.25, -0.2) is 0 Å². The van der Waals surface area contributed by atoms with E-state index in [9.17, 15) is 0 Å². The minimum atomic E-state index is 0.864. The molecule has 0 spiro atoms. The molecule has 64 valence electrons. The fourth-order valence-corrected chi connectivity index (χ4v) is 1.56. The minimum Gasteiger partial charge on any atom is -0.261 e. The van der Waals surface area contributed by atoms with Crippen molar-refractivity contribution in [2.45, 2.75) is 38.5 Å². The number of aromatic nitrogens is 1. The molecule has 1 aromatic heterocycles. The molecule has 0 N–H and O–H groups in total. The van der Waals surface area contributed by atoms with Crippen molar-refractivity contribution >= 4 is 0 Å². The molecule has 0 bridgehead atoms. The normalized spacial score (nSPS) is 16.4. The van der Waals surface area contributed by atoms with Crippen LogP contribution in [-0.2, 0) is 6.42 Å². The van der Waals surface area contributed by atoms with Crippen molar-refractivity contribution in [3.63, 3.8) is 0 Å². The molecule has 2 rings (SSSR count). The van der Waals surface area contributed by atoms with Crippen LogP contribution in [0.2, 0.25) is 0 Å². The van der Waals surface area contributed by atoms with E-state index in [-0.39, 0.29) is 0 Å². The van der Waals surface area contributed by atoms with Crippen LogP contribution in [0.1, 0.15) is 43.4 Å². The van der Waals surface area contributed by atoms with Gasteiger partial charge in [0.2, 0.25) is 0 Å². The summed E-state index contributed by atoms with van der Waals surface area (Å²) in [5.41, 5.74) is 2.77. The summed E-state index contributed by atoms with van der Waals surface area (Å²) in [6, 6.07) is 4.44. The summed E-state index contributed by atoms with van der Waals surface area (Å²) in [4.78, 5) is 4.34. The first-order valence-corrected chi connectivity index (χ1v) is 4.85. The maximum atomic E-state index is 4.34. The van der Waals surface area contributed by atoms with Crippen molar-refractivity contribution in [2.75, 3.05) is 0 Å². The van der Waals surface area contributed by atoms with Crippen LogP contribution < -0.4 is 0 Å². The first-order chi connectivity index (χ1) is 5.90. The first-order valence-electron chi connectivity index (χ1n) is 4.85. The van der Waals surface area contributed by atoms with Crippen LogP contribution in [0.25, 0.3) is 0 Å². The lowest BCUT2D eigenvalue weighted by molar-refractivity contribution is 0.875. The lowest BCUT2D eigenvalue weighted by atomic mass is 10.1. The minimum absolute atomic E-state index is 0.864. The Hall–Kier alpha value is -0.850. The second-order valence-electron chi connectivity index (χ2n) is 3.60. The SMILES string of the molecule is CCCc1cc(C2CC2)ccn1. The molecule has 0 radical (unpaired) electrons. The van der Waals surface area contributed by atoms with E-state index < -0.39 is 0 Å². The number of nitrogens with zero attached hydrogens (tertiary/aromatic N) is 1. The van der Waals surface area contributed by atoms with E-state index >= 15 is 0 Å². The highest BCUT2D eigenvalue weighted by molar-refractivity contribution is 5.24. The molecule has 0 aromatic carbocycles. The fraction of sp³-hybridized carbons (Fsp3) is 0.545. The molecule has 0 saturated heterocycles. The molecule has 1 fully saturated rings. The Kier molecular flexibility index (Phi) is 2.11. The molecule has 1 aliphatic rings. The zero-order valence-corrected chi connectivity index (χ0v) is 7.59. The lowest BCUT2D eigenvalue weighted by Gasteiger charge is -2.00. The molecular weight excluding hydrogens is 146 g/mol. The summed E-state index contributed by atoms with van der Waals surface area (Å²) in [6.45, 7) is 2.20. The van der Waals surface area contributed by atoms with Gasteiger partial charge in [0.15, 0.2) is 0 Å². The van der Waals surface area contributed by atoms with Crippen LogP contribution in [0.5, 0.6) is 0 Å². The zero-order valence-electron chi connectivity index (χ0n) is 7.59. The summed E-state index contributed by atoms with van der Waals surface area (Å²) < 4.78 is 0. The van der Waals surface area contributed by atoms with Crippen molar-refractivity contribution < 1.29 is 0 Å². The monoisotopic (exact) mass is 161 g/mol. The van der Waals surface area contributed by atoms with Crippen LogP contribution in [0, 0.1) is 0 Å². The highest BCUT2D eigenvalue weighted by atomic mass is 14.7. The number of hydrogen-bond donors (Lipinski definition) is 0. The molecule has 0 aliphatic heterocycles. The predicted molar refractivity (Wildman–Crippen MR) is 50.2 cm³/mol. The number of rotatable bonds is 3. The van der Waals surface area contributed by atoms with E-state index in [0.717, 1.165) is 12.3 Å². The molecule has 12 heavy (non-hydrogen) atoms. The second kappa shape index (κ2) is 3.26. The Morgan fingerprint density at radius 3 is 3.00 bits per heavy atom. The van der Waals surface area contributed by atoms with E-state index in [0.29, 0.717) is 0 Å². The van der Waals surface area contributed by atoms with Crippen molar-refractivity contribution in [1.82, 2.24) is 4.98 Å². The molecule has 1 aromatic rings. The average Bonchev–Trinajstić information content (AvgIpc) is 2.88. The molecule has 0 amide bonds. The topological polar surface area (TPSA) is 12.9 Å². The summed E-state index contributed by atoms with van der Waals surface area (Å²) in [6.07, 6.45) is 7.05. The maximum Gasteiger partial charge on any atom is 0.0406 e. The van der Waals surface area contributed by atoms with Gasteiger partial charge in [-0.15, -0.1) is 0 Å². The van der Waals surface area contributed by atoms with E-state index in [1.165, 1.54) is 30.5 Å². The summed E-state index contributed by atoms with van der Waals surface area (Å²) in [5.74, 6) is 0.864. The molecule has 0 unspecified atom stereocenters. The molecule has 1 saturated carbocycles. The van der Waals surface area contributed by atoms with Gasteiger partial charge in [-0.05, 0) is 42.9 Å². The molecule has 1 aliphatic carbocycles. The van der Waals surface area contributed by atoms with Gasteiger partial charge in [-0.1, -0.05) is 13.3 Å². The highest BCUT2D eigenvalue weighted by Gasteiger charge is 2.23. The van der Waals surface area contributed by atoms with Crippen LogP contribution in [0.4, 0.5) is 0 Å². The molecule has 1 heterocycles. The van der Waals surface area contributed by atoms with Crippen LogP contribution in [0.3, 0.4) is 0 Å². The Morgan fingerprint density at radius 2 is 2.33 bits per heavy atom. The second-order valence-corrected chi connectivity index (χ2v) is 3.60. The van der Waals surface area contributed by atoms with Crippen LogP contribution in [-0.4, -0.2) is 4.98 Å². The van der Waals surface area contributed by atoms with Crippen molar-refractivity contribution in [2.24, 2.45) is 0 Å². The Morgan fingerprint density at radius 1 is 1.50 bits per heavy atom. The van der Waals surface area contributed by atoms with Gasteiger partial charge in [-0.2, -0.15) is 0 Å². The van der Waals surface area contributed by atoms with Gasteiger partial charge in [0.05, 0.1) is 0 Å². The van der Waals surface area contributed by atoms with Crippen LogP contribution >= 0.6 is 0 Å². The quantitative estimate of drug-likeness (QED) is 0.664. The van der Waals surface area contributed by atoms with Gasteiger partial charge in [0.1, 0.15) is 0 Å². The number of aryl methyl sites for hydroxylation is 1. The van der Waals surface area contributed by atoms with E-state index in [2.05, 4.69) is 24.0 Å². The standard InChI is InChI=1S/C11H15N/c1-2-3-11-8-10(6-7-12-11)9-4-5-9/h6-9H,2-5H2,1H3. The smallest absolute Gasteiger partial charge is 0.0406 e. The fourth-order valence-electron chi connectivity index (χ4n) is 1.56. The third-order valence-corrected chi connectivity index (χ3v) is 2.40. The molecule has 1 nitrogen and oxygen atoms in total. The van der Waals surface area contributed by atoms with Gasteiger partial charge in [-0.3, -0.25) is 4.98 Å². The molecule has 1 heteroatoms. The predicted octanol–water partition coefficient (Wildman–Crippen LogP) is 2.91. The van der Waals surface area contributed by atoms with Crippen molar-refractivity contribution in [1.29, 1.82) is 0 Å². The Labute approximate surface area is 73.8 Å². The van der Waals surface area contributed by atoms with Crippen LogP contribution in [0.15, 0.2) is 18.3 Å². The van der Waals surface area contributed by atoms with Gasteiger partial charge in [0, 0.05) is 11.9 Å². The Balaban J connectivity index is 2.15. The summed E-state index contributed by atoms with van der Waals surface area (Å²) >= 11 is 0. The first kappa shape index (κ1) is 7.78. The van der Waals surface area contributed by atoms with Crippen molar-refractivity contribution in [3.05, 3.63) is 29.6 Å². The summed E-state index contributed by atoms with van der Waals surface area (Å²) in [5, 5.41) is 0. The van der Waals surface area contributed by atoms with Gasteiger partial charge >= 0.3 is 0 Å². The zero-order chi connectivity index (χ0) is 8.39. The maximum absolute atomic E-state index is 4.34. The van der Waals surface area contributed by atoms with E-state index in [4.69, 9.17) is 0 Å².